The van der Waals surface area contributed by atoms with Gasteiger partial charge in [-0.25, -0.2) is 0 Å². The number of amidine groups is 1. The Balaban J connectivity index is 2.04. The van der Waals surface area contributed by atoms with Gasteiger partial charge in [0.15, 0.2) is 0 Å². The lowest BCUT2D eigenvalue weighted by molar-refractivity contribution is -0.568. The third-order valence-electron chi connectivity index (χ3n) is 5.15. The smallest absolute Gasteiger partial charge is 0.242 e. The molecule has 0 radical (unpaired) electrons. The Morgan fingerprint density at radius 2 is 1.27 bits per heavy atom. The highest BCUT2D eigenvalue weighted by Gasteiger charge is 2.26. The fraction of sp³-hybridized carbons (Fsp3) is 0.409. The van der Waals surface area contributed by atoms with Crippen molar-refractivity contribution in [2.24, 2.45) is 0 Å². The van der Waals surface area contributed by atoms with Gasteiger partial charge in [0.05, 0.1) is 13.1 Å². The highest BCUT2D eigenvalue weighted by Crippen LogP contribution is 2.29. The first-order valence-electron chi connectivity index (χ1n) is 9.36. The van der Waals surface area contributed by atoms with Gasteiger partial charge in [0, 0.05) is 64.0 Å². The molecule has 0 fully saturated rings. The molecule has 0 amide bonds. The molecular weight excluding hydrogens is 320 g/mol. The van der Waals surface area contributed by atoms with Gasteiger partial charge in [-0.05, 0) is 24.3 Å². The minimum Gasteiger partial charge on any atom is -0.378 e. The summed E-state index contributed by atoms with van der Waals surface area (Å²) in [6, 6.07) is 18.1. The number of hydrogen-bond donors (Lipinski definition) is 1. The summed E-state index contributed by atoms with van der Waals surface area (Å²) < 4.78 is 2.50. The van der Waals surface area contributed by atoms with Crippen molar-refractivity contribution in [1.29, 1.82) is 0 Å². The first-order valence-corrected chi connectivity index (χ1v) is 9.36. The third kappa shape index (κ3) is 3.85. The Hall–Kier alpha value is -2.49. The van der Waals surface area contributed by atoms with Crippen LogP contribution >= 0.6 is 0 Å². The van der Waals surface area contributed by atoms with Gasteiger partial charge < -0.3 is 9.80 Å². The second kappa shape index (κ2) is 7.81. The summed E-state index contributed by atoms with van der Waals surface area (Å²) >= 11 is 0. The molecule has 138 valence electrons. The highest BCUT2D eigenvalue weighted by atomic mass is 15.2. The average Bonchev–Trinajstić information content (AvgIpc) is 2.64. The van der Waals surface area contributed by atoms with E-state index in [1.54, 1.807) is 0 Å². The van der Waals surface area contributed by atoms with E-state index in [1.165, 1.54) is 34.8 Å². The van der Waals surface area contributed by atoms with Crippen molar-refractivity contribution in [2.75, 3.05) is 51.1 Å². The van der Waals surface area contributed by atoms with Crippen LogP contribution in [0.4, 0.5) is 11.4 Å². The van der Waals surface area contributed by atoms with Crippen LogP contribution in [0.25, 0.3) is 0 Å². The molecule has 1 N–H and O–H groups in total. The van der Waals surface area contributed by atoms with Crippen molar-refractivity contribution < 1.29 is 4.58 Å². The van der Waals surface area contributed by atoms with Gasteiger partial charge in [-0.15, -0.1) is 0 Å². The number of benzene rings is 2. The van der Waals surface area contributed by atoms with Crippen LogP contribution in [0, 0.1) is 0 Å². The van der Waals surface area contributed by atoms with Gasteiger partial charge in [-0.2, -0.15) is 0 Å². The number of hydrogen-bond acceptors (Lipinski definition) is 3. The number of nitrogens with zero attached hydrogens (tertiary/aromatic N) is 3. The van der Waals surface area contributed by atoms with Crippen molar-refractivity contribution in [2.45, 2.75) is 19.4 Å². The molecule has 0 atom stereocenters. The second-order valence-electron chi connectivity index (χ2n) is 7.43. The molecule has 2 aromatic carbocycles. The maximum Gasteiger partial charge on any atom is 0.242 e. The summed E-state index contributed by atoms with van der Waals surface area (Å²) in [5.41, 5.74) is 5.12. The number of rotatable bonds is 5. The molecule has 0 aromatic heterocycles. The number of nitrogens with one attached hydrogen (secondary N) is 1. The van der Waals surface area contributed by atoms with Gasteiger partial charge >= 0.3 is 0 Å². The maximum atomic E-state index is 3.54. The van der Waals surface area contributed by atoms with Crippen LogP contribution in [-0.2, 0) is 0 Å². The summed E-state index contributed by atoms with van der Waals surface area (Å²) in [7, 11) is 8.33. The van der Waals surface area contributed by atoms with Crippen molar-refractivity contribution in [1.82, 2.24) is 5.32 Å². The SMILES string of the molecule is CC1=[N+](C(c2ccc(N(C)C)cc2)c2ccc(N(C)C)cc2)CCCN1. The quantitative estimate of drug-likeness (QED) is 0.835. The van der Waals surface area contributed by atoms with Crippen LogP contribution in [0.2, 0.25) is 0 Å². The number of anilines is 2. The molecule has 0 saturated carbocycles. The summed E-state index contributed by atoms with van der Waals surface area (Å²) in [5, 5.41) is 3.54. The first kappa shape index (κ1) is 18.3. The zero-order valence-corrected chi connectivity index (χ0v) is 16.7. The summed E-state index contributed by atoms with van der Waals surface area (Å²) in [6.45, 7) is 4.33. The highest BCUT2D eigenvalue weighted by molar-refractivity contribution is 5.75. The van der Waals surface area contributed by atoms with Gasteiger partial charge in [0.1, 0.15) is 6.04 Å². The standard InChI is InChI=1S/C22H30N4/c1-17-23-15-6-16-26(17)22(18-7-11-20(12-8-18)24(2)3)19-9-13-21(14-10-19)25(4)5/h7-14,22H,6,15-16H2,1-5H3/p+1. The molecule has 1 heterocycles. The molecule has 0 unspecified atom stereocenters. The van der Waals surface area contributed by atoms with Crippen molar-refractivity contribution in [3.63, 3.8) is 0 Å². The van der Waals surface area contributed by atoms with Crippen LogP contribution in [0.5, 0.6) is 0 Å². The van der Waals surface area contributed by atoms with Crippen LogP contribution in [-0.4, -0.2) is 51.7 Å². The minimum atomic E-state index is 0.232. The Kier molecular flexibility index (Phi) is 5.50. The van der Waals surface area contributed by atoms with Gasteiger partial charge in [0.25, 0.3) is 0 Å². The summed E-state index contributed by atoms with van der Waals surface area (Å²) in [6.07, 6.45) is 1.17. The van der Waals surface area contributed by atoms with E-state index in [0.29, 0.717) is 0 Å². The normalized spacial score (nSPS) is 14.4. The molecule has 1 aliphatic heterocycles. The molecule has 26 heavy (non-hydrogen) atoms. The van der Waals surface area contributed by atoms with Crippen LogP contribution in [0.3, 0.4) is 0 Å². The lowest BCUT2D eigenvalue weighted by Crippen LogP contribution is -2.40. The molecular formula is C22H31N4+. The third-order valence-corrected chi connectivity index (χ3v) is 5.15. The molecule has 0 spiro atoms. The Morgan fingerprint density at radius 1 is 0.808 bits per heavy atom. The molecule has 3 rings (SSSR count). The van der Waals surface area contributed by atoms with E-state index >= 15 is 0 Å². The second-order valence-corrected chi connectivity index (χ2v) is 7.43. The molecule has 2 aromatic rings. The zero-order valence-electron chi connectivity index (χ0n) is 16.7. The van der Waals surface area contributed by atoms with E-state index in [2.05, 4.69) is 103 Å². The van der Waals surface area contributed by atoms with E-state index < -0.39 is 0 Å². The van der Waals surface area contributed by atoms with Crippen molar-refractivity contribution >= 4 is 17.2 Å². The predicted molar refractivity (Wildman–Crippen MR) is 112 cm³/mol. The largest absolute Gasteiger partial charge is 0.378 e. The van der Waals surface area contributed by atoms with Crippen LogP contribution < -0.4 is 15.1 Å². The summed E-state index contributed by atoms with van der Waals surface area (Å²) in [4.78, 5) is 4.29. The minimum absolute atomic E-state index is 0.232. The zero-order chi connectivity index (χ0) is 18.7. The Bertz CT molecular complexity index is 706. The van der Waals surface area contributed by atoms with E-state index in [9.17, 15) is 0 Å². The van der Waals surface area contributed by atoms with E-state index in [1.807, 2.05) is 0 Å². The molecule has 4 heteroatoms. The molecule has 0 saturated heterocycles. The average molecular weight is 352 g/mol. The molecule has 1 aliphatic rings. The van der Waals surface area contributed by atoms with E-state index in [4.69, 9.17) is 0 Å². The van der Waals surface area contributed by atoms with Gasteiger partial charge in [-0.1, -0.05) is 24.3 Å². The predicted octanol–water partition coefficient (Wildman–Crippen LogP) is 3.33. The lowest BCUT2D eigenvalue weighted by atomic mass is 9.96. The van der Waals surface area contributed by atoms with E-state index in [0.717, 1.165) is 13.1 Å². The van der Waals surface area contributed by atoms with Crippen LogP contribution in [0.15, 0.2) is 48.5 Å². The van der Waals surface area contributed by atoms with Gasteiger partial charge in [0.2, 0.25) is 5.84 Å². The maximum absolute atomic E-state index is 3.54. The Morgan fingerprint density at radius 3 is 1.65 bits per heavy atom. The molecule has 0 aliphatic carbocycles. The molecule has 0 bridgehead atoms. The van der Waals surface area contributed by atoms with Crippen molar-refractivity contribution in [3.8, 4) is 0 Å². The Labute approximate surface area is 157 Å². The topological polar surface area (TPSA) is 21.5 Å². The fourth-order valence-corrected chi connectivity index (χ4v) is 3.57. The van der Waals surface area contributed by atoms with E-state index in [-0.39, 0.29) is 6.04 Å². The summed E-state index contributed by atoms with van der Waals surface area (Å²) in [5.74, 6) is 1.26. The van der Waals surface area contributed by atoms with Crippen molar-refractivity contribution in [3.05, 3.63) is 59.7 Å². The monoisotopic (exact) mass is 351 g/mol. The molecule has 4 nitrogen and oxygen atoms in total. The van der Waals surface area contributed by atoms with Gasteiger partial charge in [-0.3, -0.25) is 9.89 Å². The fourth-order valence-electron chi connectivity index (χ4n) is 3.57. The first-order chi connectivity index (χ1) is 12.5. The van der Waals surface area contributed by atoms with Crippen LogP contribution in [0.1, 0.15) is 30.5 Å². The lowest BCUT2D eigenvalue weighted by Gasteiger charge is -2.26.